The highest BCUT2D eigenvalue weighted by atomic mass is 35.5. The first kappa shape index (κ1) is 17.6. The lowest BCUT2D eigenvalue weighted by Gasteiger charge is -2.38. The van der Waals surface area contributed by atoms with Gasteiger partial charge >= 0.3 is 0 Å². The number of benzene rings is 3. The molecule has 140 valence electrons. The van der Waals surface area contributed by atoms with Gasteiger partial charge in [0, 0.05) is 27.6 Å². The lowest BCUT2D eigenvalue weighted by molar-refractivity contribution is -0.0190. The summed E-state index contributed by atoms with van der Waals surface area (Å²) in [6.45, 7) is 2.09. The standard InChI is InChI=1S/C23H18Cl2N2O/c1-14-2-4-15(5-3-14)20-13-21-19-12-18(25)10-11-22(19)28-23(27(21)26-20)16-6-8-17(24)9-7-16/h2-12,21,23H,13H2,1H3/t21-,23-/m0/s1. The minimum atomic E-state index is -0.307. The molecule has 0 unspecified atom stereocenters. The van der Waals surface area contributed by atoms with Gasteiger partial charge in [0.25, 0.3) is 0 Å². The summed E-state index contributed by atoms with van der Waals surface area (Å²) in [5.74, 6) is 0.853. The van der Waals surface area contributed by atoms with Crippen LogP contribution in [0.15, 0.2) is 71.8 Å². The molecule has 3 aromatic carbocycles. The Balaban J connectivity index is 1.59. The summed E-state index contributed by atoms with van der Waals surface area (Å²) in [4.78, 5) is 0. The zero-order chi connectivity index (χ0) is 19.3. The number of nitrogens with zero attached hydrogens (tertiary/aromatic N) is 2. The van der Waals surface area contributed by atoms with E-state index in [1.807, 2.05) is 42.5 Å². The van der Waals surface area contributed by atoms with Crippen molar-refractivity contribution in [2.45, 2.75) is 25.6 Å². The van der Waals surface area contributed by atoms with Crippen molar-refractivity contribution >= 4 is 28.9 Å². The third-order valence-electron chi connectivity index (χ3n) is 5.29. The van der Waals surface area contributed by atoms with Crippen LogP contribution in [0.3, 0.4) is 0 Å². The maximum Gasteiger partial charge on any atom is 0.213 e. The van der Waals surface area contributed by atoms with Crippen molar-refractivity contribution in [2.75, 3.05) is 0 Å². The second-order valence-electron chi connectivity index (χ2n) is 7.22. The van der Waals surface area contributed by atoms with Crippen molar-refractivity contribution in [3.05, 3.63) is 99.0 Å². The third-order valence-corrected chi connectivity index (χ3v) is 5.78. The fraction of sp³-hybridized carbons (Fsp3) is 0.174. The summed E-state index contributed by atoms with van der Waals surface area (Å²) in [7, 11) is 0. The van der Waals surface area contributed by atoms with Crippen molar-refractivity contribution in [1.29, 1.82) is 0 Å². The van der Waals surface area contributed by atoms with Crippen LogP contribution in [0.1, 0.15) is 40.9 Å². The number of hydrazone groups is 1. The molecule has 0 fully saturated rings. The largest absolute Gasteiger partial charge is 0.464 e. The van der Waals surface area contributed by atoms with Crippen LogP contribution in [0, 0.1) is 6.92 Å². The summed E-state index contributed by atoms with van der Waals surface area (Å²) in [6, 6.07) is 22.1. The third kappa shape index (κ3) is 3.05. The molecule has 5 heteroatoms. The number of aryl methyl sites for hydroxylation is 1. The first-order chi connectivity index (χ1) is 13.6. The Kier molecular flexibility index (Phi) is 4.30. The molecule has 28 heavy (non-hydrogen) atoms. The maximum atomic E-state index is 6.35. The second kappa shape index (κ2) is 6.84. The lowest BCUT2D eigenvalue weighted by atomic mass is 9.95. The van der Waals surface area contributed by atoms with Gasteiger partial charge in [0.1, 0.15) is 5.75 Å². The molecule has 0 saturated carbocycles. The summed E-state index contributed by atoms with van der Waals surface area (Å²) in [5.41, 5.74) is 5.52. The highest BCUT2D eigenvalue weighted by Gasteiger charge is 2.41. The average molecular weight is 409 g/mol. The summed E-state index contributed by atoms with van der Waals surface area (Å²) < 4.78 is 6.35. The molecule has 0 bridgehead atoms. The fourth-order valence-electron chi connectivity index (χ4n) is 3.83. The van der Waals surface area contributed by atoms with Gasteiger partial charge in [-0.15, -0.1) is 0 Å². The van der Waals surface area contributed by atoms with Crippen LogP contribution in [-0.4, -0.2) is 10.7 Å². The molecular weight excluding hydrogens is 391 g/mol. The molecule has 2 aliphatic heterocycles. The Bertz CT molecular complexity index is 1060. The van der Waals surface area contributed by atoms with Crippen molar-refractivity contribution < 1.29 is 4.74 Å². The molecule has 0 aromatic heterocycles. The summed E-state index contributed by atoms with van der Waals surface area (Å²) in [6.07, 6.45) is 0.503. The molecular formula is C23H18Cl2N2O. The van der Waals surface area contributed by atoms with Crippen LogP contribution in [0.25, 0.3) is 0 Å². The SMILES string of the molecule is Cc1ccc(C2=NN3[C@@H](C2)c2cc(Cl)ccc2O[C@H]3c2ccc(Cl)cc2)cc1. The van der Waals surface area contributed by atoms with Crippen LogP contribution < -0.4 is 4.74 Å². The molecule has 0 N–H and O–H groups in total. The topological polar surface area (TPSA) is 24.8 Å². The predicted molar refractivity (Wildman–Crippen MR) is 113 cm³/mol. The molecule has 3 aromatic rings. The number of rotatable bonds is 2. The molecule has 0 amide bonds. The Morgan fingerprint density at radius 2 is 1.64 bits per heavy atom. The quantitative estimate of drug-likeness (QED) is 0.480. The number of fused-ring (bicyclic) bond motifs is 3. The zero-order valence-corrected chi connectivity index (χ0v) is 16.8. The van der Waals surface area contributed by atoms with Gasteiger partial charge in [0.2, 0.25) is 6.23 Å². The Morgan fingerprint density at radius 3 is 2.39 bits per heavy atom. The van der Waals surface area contributed by atoms with Gasteiger partial charge in [-0.25, -0.2) is 5.01 Å². The Hall–Kier alpha value is -2.49. The van der Waals surface area contributed by atoms with Gasteiger partial charge in [-0.05, 0) is 42.8 Å². The number of hydrogen-bond donors (Lipinski definition) is 0. The number of halogens is 2. The minimum Gasteiger partial charge on any atom is -0.464 e. The second-order valence-corrected chi connectivity index (χ2v) is 8.09. The van der Waals surface area contributed by atoms with Gasteiger partial charge in [-0.1, -0.05) is 65.2 Å². The van der Waals surface area contributed by atoms with Gasteiger partial charge in [-0.2, -0.15) is 5.10 Å². The average Bonchev–Trinajstić information content (AvgIpc) is 3.14. The van der Waals surface area contributed by atoms with Crippen LogP contribution in [-0.2, 0) is 0 Å². The zero-order valence-electron chi connectivity index (χ0n) is 15.3. The molecule has 3 nitrogen and oxygen atoms in total. The monoisotopic (exact) mass is 408 g/mol. The molecule has 5 rings (SSSR count). The van der Waals surface area contributed by atoms with Crippen molar-refractivity contribution in [3.8, 4) is 5.75 Å². The van der Waals surface area contributed by atoms with E-state index in [9.17, 15) is 0 Å². The van der Waals surface area contributed by atoms with Gasteiger partial charge in [0.05, 0.1) is 11.8 Å². The molecule has 0 aliphatic carbocycles. The van der Waals surface area contributed by atoms with E-state index in [0.717, 1.165) is 34.6 Å². The highest BCUT2D eigenvalue weighted by molar-refractivity contribution is 6.30. The molecule has 0 spiro atoms. The minimum absolute atomic E-state index is 0.0828. The van der Waals surface area contributed by atoms with E-state index >= 15 is 0 Å². The highest BCUT2D eigenvalue weighted by Crippen LogP contribution is 2.48. The predicted octanol–water partition coefficient (Wildman–Crippen LogP) is 6.54. The van der Waals surface area contributed by atoms with Gasteiger partial charge in [0.15, 0.2) is 0 Å². The van der Waals surface area contributed by atoms with E-state index < -0.39 is 0 Å². The van der Waals surface area contributed by atoms with E-state index in [2.05, 4.69) is 36.2 Å². The van der Waals surface area contributed by atoms with Crippen LogP contribution >= 0.6 is 23.2 Å². The fourth-order valence-corrected chi connectivity index (χ4v) is 4.13. The van der Waals surface area contributed by atoms with E-state index in [1.165, 1.54) is 5.56 Å². The van der Waals surface area contributed by atoms with Crippen molar-refractivity contribution in [1.82, 2.24) is 5.01 Å². The van der Waals surface area contributed by atoms with E-state index in [4.69, 9.17) is 33.0 Å². The van der Waals surface area contributed by atoms with E-state index in [-0.39, 0.29) is 12.3 Å². The molecule has 2 aliphatic rings. The van der Waals surface area contributed by atoms with Crippen LogP contribution in [0.4, 0.5) is 0 Å². The normalized spacial score (nSPS) is 20.2. The molecule has 2 heterocycles. The maximum absolute atomic E-state index is 6.35. The van der Waals surface area contributed by atoms with Gasteiger partial charge < -0.3 is 4.74 Å². The lowest BCUT2D eigenvalue weighted by Crippen LogP contribution is -2.33. The van der Waals surface area contributed by atoms with E-state index in [1.54, 1.807) is 0 Å². The molecule has 0 saturated heterocycles. The van der Waals surface area contributed by atoms with Crippen molar-refractivity contribution in [2.24, 2.45) is 5.10 Å². The summed E-state index contributed by atoms with van der Waals surface area (Å²) in [5, 5.41) is 8.43. The van der Waals surface area contributed by atoms with E-state index in [0.29, 0.717) is 10.0 Å². The van der Waals surface area contributed by atoms with Crippen LogP contribution in [0.5, 0.6) is 5.75 Å². The van der Waals surface area contributed by atoms with Crippen LogP contribution in [0.2, 0.25) is 10.0 Å². The Morgan fingerprint density at radius 1 is 0.929 bits per heavy atom. The Labute approximate surface area is 174 Å². The summed E-state index contributed by atoms with van der Waals surface area (Å²) >= 11 is 12.4. The van der Waals surface area contributed by atoms with Crippen molar-refractivity contribution in [3.63, 3.8) is 0 Å². The van der Waals surface area contributed by atoms with Gasteiger partial charge in [-0.3, -0.25) is 0 Å². The number of ether oxygens (including phenoxy) is 1. The number of hydrogen-bond acceptors (Lipinski definition) is 3. The first-order valence-corrected chi connectivity index (χ1v) is 9.98. The smallest absolute Gasteiger partial charge is 0.213 e. The first-order valence-electron chi connectivity index (χ1n) is 9.23. The molecule has 0 radical (unpaired) electrons. The molecule has 2 atom stereocenters.